The zero-order chi connectivity index (χ0) is 25.1. The van der Waals surface area contributed by atoms with Gasteiger partial charge in [0.15, 0.2) is 11.5 Å². The molecule has 0 saturated heterocycles. The van der Waals surface area contributed by atoms with E-state index in [0.29, 0.717) is 40.4 Å². The van der Waals surface area contributed by atoms with Crippen molar-refractivity contribution >= 4 is 16.9 Å². The van der Waals surface area contributed by atoms with Crippen LogP contribution in [0, 0.1) is 0 Å². The van der Waals surface area contributed by atoms with Gasteiger partial charge in [0.2, 0.25) is 6.10 Å². The zero-order valence-corrected chi connectivity index (χ0v) is 20.1. The summed E-state index contributed by atoms with van der Waals surface area (Å²) in [6.07, 6.45) is -0.294. The van der Waals surface area contributed by atoms with Crippen LogP contribution in [-0.2, 0) is 16.0 Å². The van der Waals surface area contributed by atoms with Gasteiger partial charge in [0.25, 0.3) is 0 Å². The highest BCUT2D eigenvalue weighted by Crippen LogP contribution is 2.46. The highest BCUT2D eigenvalue weighted by molar-refractivity contribution is 5.88. The van der Waals surface area contributed by atoms with Crippen molar-refractivity contribution in [3.05, 3.63) is 99.9 Å². The molecule has 184 valence electrons. The van der Waals surface area contributed by atoms with Crippen molar-refractivity contribution in [2.45, 2.75) is 25.4 Å². The lowest BCUT2D eigenvalue weighted by molar-refractivity contribution is -0.151. The van der Waals surface area contributed by atoms with Crippen LogP contribution >= 0.6 is 0 Å². The number of hydrogen-bond donors (Lipinski definition) is 0. The Hall–Kier alpha value is -4.26. The number of fused-ring (bicyclic) bond motifs is 3. The van der Waals surface area contributed by atoms with Crippen LogP contribution in [0.3, 0.4) is 0 Å². The minimum Gasteiger partial charge on any atom is -0.493 e. The predicted molar refractivity (Wildman–Crippen MR) is 134 cm³/mol. The topological polar surface area (TPSA) is 84.2 Å². The van der Waals surface area contributed by atoms with E-state index >= 15 is 0 Å². The lowest BCUT2D eigenvalue weighted by atomic mass is 9.88. The molecule has 7 heteroatoms. The van der Waals surface area contributed by atoms with Crippen molar-refractivity contribution < 1.29 is 28.2 Å². The molecule has 2 unspecified atom stereocenters. The van der Waals surface area contributed by atoms with Gasteiger partial charge in [0, 0.05) is 6.42 Å². The highest BCUT2D eigenvalue weighted by Gasteiger charge is 2.45. The normalized spacial score (nSPS) is 16.3. The Kier molecular flexibility index (Phi) is 6.62. The number of carbonyl (C=O) groups excluding carboxylic acids is 1. The van der Waals surface area contributed by atoms with Crippen molar-refractivity contribution in [2.24, 2.45) is 0 Å². The molecular formula is C29H26O7. The van der Waals surface area contributed by atoms with Crippen LogP contribution < -0.4 is 19.8 Å². The fourth-order valence-electron chi connectivity index (χ4n) is 4.55. The molecule has 2 atom stereocenters. The van der Waals surface area contributed by atoms with E-state index in [4.69, 9.17) is 23.4 Å². The van der Waals surface area contributed by atoms with Gasteiger partial charge in [-0.3, -0.25) is 0 Å². The van der Waals surface area contributed by atoms with Crippen LogP contribution in [-0.4, -0.2) is 32.4 Å². The average Bonchev–Trinajstić information content (AvgIpc) is 3.31. The molecule has 7 nitrogen and oxygen atoms in total. The van der Waals surface area contributed by atoms with Gasteiger partial charge in [-0.1, -0.05) is 48.5 Å². The van der Waals surface area contributed by atoms with E-state index in [0.717, 1.165) is 6.42 Å². The molecule has 1 aliphatic heterocycles. The van der Waals surface area contributed by atoms with Gasteiger partial charge in [-0.25, -0.2) is 9.59 Å². The Morgan fingerprint density at radius 3 is 2.53 bits per heavy atom. The van der Waals surface area contributed by atoms with Crippen LogP contribution in [0.1, 0.15) is 29.5 Å². The van der Waals surface area contributed by atoms with Gasteiger partial charge in [0.1, 0.15) is 11.3 Å². The predicted octanol–water partition coefficient (Wildman–Crippen LogP) is 4.88. The van der Waals surface area contributed by atoms with E-state index in [1.54, 1.807) is 44.4 Å². The van der Waals surface area contributed by atoms with Gasteiger partial charge >= 0.3 is 11.6 Å². The maximum atomic E-state index is 13.1. The SMILES string of the molecule is CCOC(=O)C1Oc2c(c(=O)oc3ccccc23)C1c1ccc(OCCc2ccccc2)c(OC)c1. The van der Waals surface area contributed by atoms with Crippen molar-refractivity contribution in [3.8, 4) is 17.2 Å². The molecule has 4 aromatic rings. The lowest BCUT2D eigenvalue weighted by Crippen LogP contribution is -2.32. The highest BCUT2D eigenvalue weighted by atomic mass is 16.6. The molecule has 0 spiro atoms. The number of hydrogen-bond acceptors (Lipinski definition) is 7. The first-order valence-electron chi connectivity index (χ1n) is 11.8. The summed E-state index contributed by atoms with van der Waals surface area (Å²) in [6, 6.07) is 22.5. The zero-order valence-electron chi connectivity index (χ0n) is 20.1. The second-order valence-corrected chi connectivity index (χ2v) is 8.39. The Morgan fingerprint density at radius 2 is 1.75 bits per heavy atom. The second kappa shape index (κ2) is 10.2. The van der Waals surface area contributed by atoms with Gasteiger partial charge < -0.3 is 23.4 Å². The summed E-state index contributed by atoms with van der Waals surface area (Å²) in [7, 11) is 1.55. The number of esters is 1. The Bertz CT molecular complexity index is 1440. The number of rotatable bonds is 8. The van der Waals surface area contributed by atoms with E-state index in [9.17, 15) is 9.59 Å². The molecular weight excluding hydrogens is 460 g/mol. The molecule has 0 bridgehead atoms. The molecule has 3 aromatic carbocycles. The third-order valence-electron chi connectivity index (χ3n) is 6.21. The fourth-order valence-corrected chi connectivity index (χ4v) is 4.55. The van der Waals surface area contributed by atoms with Gasteiger partial charge in [0.05, 0.1) is 37.2 Å². The van der Waals surface area contributed by atoms with Gasteiger partial charge in [-0.15, -0.1) is 0 Å². The number of benzene rings is 3. The molecule has 0 N–H and O–H groups in total. The van der Waals surface area contributed by atoms with Crippen LogP contribution in [0.15, 0.2) is 82.0 Å². The van der Waals surface area contributed by atoms with E-state index in [1.165, 1.54) is 5.56 Å². The van der Waals surface area contributed by atoms with Crippen LogP contribution in [0.4, 0.5) is 0 Å². The first-order valence-corrected chi connectivity index (χ1v) is 11.8. The summed E-state index contributed by atoms with van der Waals surface area (Å²) in [5.74, 6) is 0.111. The van der Waals surface area contributed by atoms with Gasteiger partial charge in [-0.05, 0) is 42.3 Å². The first-order chi connectivity index (χ1) is 17.6. The molecule has 5 rings (SSSR count). The first kappa shape index (κ1) is 23.5. The van der Waals surface area contributed by atoms with Crippen LogP contribution in [0.2, 0.25) is 0 Å². The molecule has 0 radical (unpaired) electrons. The Balaban J connectivity index is 1.51. The number of methoxy groups -OCH3 is 1. The Morgan fingerprint density at radius 1 is 0.972 bits per heavy atom. The summed E-state index contributed by atoms with van der Waals surface area (Å²) < 4.78 is 28.5. The number of carbonyl (C=O) groups is 1. The largest absolute Gasteiger partial charge is 0.493 e. The number of para-hydroxylation sites is 1. The quantitative estimate of drug-likeness (QED) is 0.259. The maximum absolute atomic E-state index is 13.1. The second-order valence-electron chi connectivity index (χ2n) is 8.39. The summed E-state index contributed by atoms with van der Waals surface area (Å²) >= 11 is 0. The van der Waals surface area contributed by atoms with E-state index in [-0.39, 0.29) is 12.2 Å². The van der Waals surface area contributed by atoms with E-state index in [1.807, 2.05) is 42.5 Å². The van der Waals surface area contributed by atoms with Gasteiger partial charge in [-0.2, -0.15) is 0 Å². The molecule has 0 fully saturated rings. The van der Waals surface area contributed by atoms with Crippen LogP contribution in [0.25, 0.3) is 11.0 Å². The minimum absolute atomic E-state index is 0.189. The van der Waals surface area contributed by atoms with Crippen molar-refractivity contribution in [2.75, 3.05) is 20.3 Å². The summed E-state index contributed by atoms with van der Waals surface area (Å²) in [5, 5.41) is 0.622. The third kappa shape index (κ3) is 4.40. The molecule has 1 aromatic heterocycles. The molecule has 0 amide bonds. The van der Waals surface area contributed by atoms with E-state index in [2.05, 4.69) is 0 Å². The molecule has 36 heavy (non-hydrogen) atoms. The average molecular weight is 487 g/mol. The van der Waals surface area contributed by atoms with E-state index < -0.39 is 23.6 Å². The summed E-state index contributed by atoms with van der Waals surface area (Å²) in [4.78, 5) is 26.0. The lowest BCUT2D eigenvalue weighted by Gasteiger charge is -2.19. The van der Waals surface area contributed by atoms with Crippen molar-refractivity contribution in [3.63, 3.8) is 0 Å². The standard InChI is InChI=1S/C29H26O7/c1-3-33-29(31)27-24(25-26(36-27)20-11-7-8-12-21(20)35-28(25)30)19-13-14-22(23(17-19)32-2)34-16-15-18-9-5-4-6-10-18/h4-14,17,24,27H,3,15-16H2,1-2H3. The summed E-state index contributed by atoms with van der Waals surface area (Å²) in [5.41, 5.74) is 1.95. The van der Waals surface area contributed by atoms with Crippen LogP contribution in [0.5, 0.6) is 17.2 Å². The molecule has 1 aliphatic rings. The smallest absolute Gasteiger partial charge is 0.348 e. The fraction of sp³-hybridized carbons (Fsp3) is 0.241. The van der Waals surface area contributed by atoms with Crippen molar-refractivity contribution in [1.82, 2.24) is 0 Å². The molecule has 2 heterocycles. The number of ether oxygens (including phenoxy) is 4. The minimum atomic E-state index is -1.04. The monoisotopic (exact) mass is 486 g/mol. The maximum Gasteiger partial charge on any atom is 0.348 e. The molecule has 0 saturated carbocycles. The van der Waals surface area contributed by atoms with Crippen molar-refractivity contribution in [1.29, 1.82) is 0 Å². The molecule has 0 aliphatic carbocycles. The Labute approximate surface area is 208 Å². The summed E-state index contributed by atoms with van der Waals surface area (Å²) in [6.45, 7) is 2.38. The third-order valence-corrected chi connectivity index (χ3v) is 6.21.